The van der Waals surface area contributed by atoms with Crippen LogP contribution < -0.4 is 5.32 Å². The Morgan fingerprint density at radius 2 is 1.95 bits per heavy atom. The van der Waals surface area contributed by atoms with Crippen molar-refractivity contribution >= 4 is 57.7 Å². The zero-order valence-electron chi connectivity index (χ0n) is 21.5. The Labute approximate surface area is 236 Å². The second kappa shape index (κ2) is 11.1. The predicted molar refractivity (Wildman–Crippen MR) is 156 cm³/mol. The molecule has 6 rings (SSSR count). The highest BCUT2D eigenvalue weighted by Gasteiger charge is 2.30. The minimum atomic E-state index is -0.139. The Morgan fingerprint density at radius 1 is 1.15 bits per heavy atom. The normalized spacial score (nSPS) is 22.5. The first-order chi connectivity index (χ1) is 18.9. The summed E-state index contributed by atoms with van der Waals surface area (Å²) < 4.78 is 5.45. The number of allylic oxidation sites excluding steroid dienone is 1. The second-order valence-corrected chi connectivity index (χ2v) is 11.3. The molecule has 2 amide bonds. The van der Waals surface area contributed by atoms with Gasteiger partial charge in [0.15, 0.2) is 0 Å². The molecule has 0 aromatic heterocycles. The van der Waals surface area contributed by atoms with Crippen LogP contribution in [0.5, 0.6) is 0 Å². The molecule has 4 aliphatic heterocycles. The van der Waals surface area contributed by atoms with Crippen molar-refractivity contribution in [2.45, 2.75) is 13.5 Å². The largest absolute Gasteiger partial charge is 0.379 e. The standard InChI is InChI=1S/C29H28ClN5O3S/c1-18(25-13-20(14-31-25)15-34-8-10-38-11-9-34)27-23-12-19(2-7-24(23)32-28(27)36)16-35-29(37)39-17-26(33-35)21-3-5-22(30)6-4-21/h2-7,12-14,20H,8-11,15-17H2,1H3,(H,32,36)/b27-18+. The van der Waals surface area contributed by atoms with Gasteiger partial charge in [-0.15, -0.1) is 0 Å². The first-order valence-electron chi connectivity index (χ1n) is 12.9. The number of nitrogens with zero attached hydrogens (tertiary/aromatic N) is 4. The van der Waals surface area contributed by atoms with Crippen LogP contribution in [0.15, 0.2) is 69.9 Å². The number of hydrogen-bond donors (Lipinski definition) is 1. The van der Waals surface area contributed by atoms with E-state index in [1.165, 1.54) is 16.8 Å². The van der Waals surface area contributed by atoms with Gasteiger partial charge in [0, 0.05) is 53.8 Å². The summed E-state index contributed by atoms with van der Waals surface area (Å²) in [4.78, 5) is 32.8. The fourth-order valence-electron chi connectivity index (χ4n) is 5.16. The van der Waals surface area contributed by atoms with Crippen LogP contribution in [0.2, 0.25) is 5.02 Å². The molecule has 10 heteroatoms. The molecule has 0 bridgehead atoms. The van der Waals surface area contributed by atoms with E-state index >= 15 is 0 Å². The van der Waals surface area contributed by atoms with Gasteiger partial charge in [-0.25, -0.2) is 5.01 Å². The van der Waals surface area contributed by atoms with Gasteiger partial charge in [-0.2, -0.15) is 5.10 Å². The zero-order valence-corrected chi connectivity index (χ0v) is 23.1. The van der Waals surface area contributed by atoms with Crippen molar-refractivity contribution in [2.24, 2.45) is 16.0 Å². The fraction of sp³-hybridized carbons (Fsp3) is 0.310. The average Bonchev–Trinajstić information content (AvgIpc) is 3.54. The number of anilines is 1. The number of amides is 2. The molecule has 4 heterocycles. The van der Waals surface area contributed by atoms with E-state index in [1.54, 1.807) is 0 Å². The van der Waals surface area contributed by atoms with Gasteiger partial charge >= 0.3 is 5.24 Å². The molecule has 2 aromatic carbocycles. The minimum Gasteiger partial charge on any atom is -0.379 e. The van der Waals surface area contributed by atoms with Crippen LogP contribution in [0.4, 0.5) is 10.5 Å². The van der Waals surface area contributed by atoms with Crippen LogP contribution >= 0.6 is 23.4 Å². The smallest absolute Gasteiger partial charge is 0.302 e. The maximum Gasteiger partial charge on any atom is 0.302 e. The summed E-state index contributed by atoms with van der Waals surface area (Å²) in [5, 5.41) is 9.66. The lowest BCUT2D eigenvalue weighted by atomic mass is 9.97. The number of benzene rings is 2. The van der Waals surface area contributed by atoms with Gasteiger partial charge in [0.05, 0.1) is 36.7 Å². The molecular formula is C29H28ClN5O3S. The van der Waals surface area contributed by atoms with Crippen molar-refractivity contribution < 1.29 is 14.3 Å². The van der Waals surface area contributed by atoms with Crippen LogP contribution in [0.25, 0.3) is 5.57 Å². The van der Waals surface area contributed by atoms with Gasteiger partial charge in [-0.1, -0.05) is 41.6 Å². The average molecular weight is 562 g/mol. The molecule has 1 unspecified atom stereocenters. The van der Waals surface area contributed by atoms with Gasteiger partial charge in [-0.3, -0.25) is 19.5 Å². The van der Waals surface area contributed by atoms with E-state index in [0.717, 1.165) is 72.2 Å². The SMILES string of the molecule is C/C(C1=CC(CN2CCOCC2)C=N1)=C1\C(=O)Nc2ccc(CN3N=C(c4ccc(Cl)cc4)CSC3=O)cc21. The topological polar surface area (TPSA) is 86.6 Å². The summed E-state index contributed by atoms with van der Waals surface area (Å²) in [7, 11) is 0. The molecule has 200 valence electrons. The summed E-state index contributed by atoms with van der Waals surface area (Å²) in [6, 6.07) is 13.2. The molecule has 1 saturated heterocycles. The van der Waals surface area contributed by atoms with Gasteiger partial charge < -0.3 is 10.1 Å². The van der Waals surface area contributed by atoms with E-state index in [-0.39, 0.29) is 17.1 Å². The molecule has 2 aromatic rings. The fourth-order valence-corrected chi connectivity index (χ4v) is 6.02. The molecule has 0 saturated carbocycles. The number of ether oxygens (including phenoxy) is 1. The lowest BCUT2D eigenvalue weighted by Gasteiger charge is -2.27. The summed E-state index contributed by atoms with van der Waals surface area (Å²) >= 11 is 7.26. The second-order valence-electron chi connectivity index (χ2n) is 9.91. The molecule has 1 N–H and O–H groups in total. The Bertz CT molecular complexity index is 1440. The van der Waals surface area contributed by atoms with E-state index in [2.05, 4.69) is 26.4 Å². The van der Waals surface area contributed by atoms with Gasteiger partial charge in [-0.05, 0) is 54.0 Å². The molecular weight excluding hydrogens is 534 g/mol. The zero-order chi connectivity index (χ0) is 26.9. The third kappa shape index (κ3) is 5.58. The first kappa shape index (κ1) is 26.0. The molecule has 1 atom stereocenters. The summed E-state index contributed by atoms with van der Waals surface area (Å²) in [6.07, 6.45) is 4.11. The van der Waals surface area contributed by atoms with Crippen LogP contribution in [-0.4, -0.2) is 71.6 Å². The number of carbonyl (C=O) groups is 2. The van der Waals surface area contributed by atoms with Crippen molar-refractivity contribution in [1.29, 1.82) is 0 Å². The Morgan fingerprint density at radius 3 is 2.74 bits per heavy atom. The molecule has 8 nitrogen and oxygen atoms in total. The van der Waals surface area contributed by atoms with Crippen LogP contribution in [0.3, 0.4) is 0 Å². The number of fused-ring (bicyclic) bond motifs is 1. The third-order valence-electron chi connectivity index (χ3n) is 7.23. The van der Waals surface area contributed by atoms with Crippen molar-refractivity contribution in [3.8, 4) is 0 Å². The maximum absolute atomic E-state index is 13.0. The van der Waals surface area contributed by atoms with E-state index in [0.29, 0.717) is 22.9 Å². The highest BCUT2D eigenvalue weighted by molar-refractivity contribution is 8.14. The number of morpholine rings is 1. The third-order valence-corrected chi connectivity index (χ3v) is 8.36. The number of halogens is 1. The number of carbonyl (C=O) groups excluding carboxylic acids is 2. The number of hydrogen-bond acceptors (Lipinski definition) is 7. The van der Waals surface area contributed by atoms with Crippen molar-refractivity contribution in [1.82, 2.24) is 9.91 Å². The highest BCUT2D eigenvalue weighted by Crippen LogP contribution is 2.38. The van der Waals surface area contributed by atoms with Crippen LogP contribution in [0, 0.1) is 5.92 Å². The number of hydrazone groups is 1. The predicted octanol–water partition coefficient (Wildman–Crippen LogP) is 5.06. The van der Waals surface area contributed by atoms with Crippen molar-refractivity contribution in [3.05, 3.63) is 81.5 Å². The lowest BCUT2D eigenvalue weighted by Crippen LogP contribution is -2.39. The summed E-state index contributed by atoms with van der Waals surface area (Å²) in [5.74, 6) is 0.577. The summed E-state index contributed by atoms with van der Waals surface area (Å²) in [5.41, 5.74) is 6.52. The molecule has 1 fully saturated rings. The van der Waals surface area contributed by atoms with E-state index in [9.17, 15) is 9.59 Å². The molecule has 0 aliphatic carbocycles. The Balaban J connectivity index is 1.23. The number of nitrogens with one attached hydrogen (secondary N) is 1. The van der Waals surface area contributed by atoms with E-state index in [1.807, 2.05) is 55.6 Å². The van der Waals surface area contributed by atoms with Gasteiger partial charge in [0.1, 0.15) is 0 Å². The maximum atomic E-state index is 13.0. The summed E-state index contributed by atoms with van der Waals surface area (Å²) in [6.45, 7) is 6.53. The van der Waals surface area contributed by atoms with Crippen LogP contribution in [0.1, 0.15) is 23.6 Å². The molecule has 0 radical (unpaired) electrons. The number of thioether (sulfide) groups is 1. The molecule has 4 aliphatic rings. The van der Waals surface area contributed by atoms with Gasteiger partial charge in [0.2, 0.25) is 0 Å². The van der Waals surface area contributed by atoms with E-state index in [4.69, 9.17) is 16.3 Å². The Hall–Kier alpha value is -3.24. The first-order valence-corrected chi connectivity index (χ1v) is 14.3. The van der Waals surface area contributed by atoms with E-state index < -0.39 is 0 Å². The van der Waals surface area contributed by atoms with Gasteiger partial charge in [0.25, 0.3) is 5.91 Å². The van der Waals surface area contributed by atoms with Crippen molar-refractivity contribution in [2.75, 3.05) is 43.9 Å². The monoisotopic (exact) mass is 561 g/mol. The van der Waals surface area contributed by atoms with Crippen molar-refractivity contribution in [3.63, 3.8) is 0 Å². The number of aliphatic imine (C=N–C) groups is 1. The van der Waals surface area contributed by atoms with Crippen LogP contribution in [-0.2, 0) is 16.1 Å². The Kier molecular flexibility index (Phi) is 7.40. The molecule has 0 spiro atoms. The minimum absolute atomic E-state index is 0.105. The quantitative estimate of drug-likeness (QED) is 0.498. The number of rotatable bonds is 6. The highest BCUT2D eigenvalue weighted by atomic mass is 35.5. The molecule has 39 heavy (non-hydrogen) atoms. The lowest BCUT2D eigenvalue weighted by molar-refractivity contribution is -0.110.